The number of nitrogens with one attached hydrogen (secondary N) is 1. The number of rotatable bonds is 17. The number of carbonyl (C=O) groups is 2. The number of carbonyl (C=O) groups excluding carboxylic acids is 1. The zero-order valence-corrected chi connectivity index (χ0v) is 23.1. The average Bonchev–Trinajstić information content (AvgIpc) is 2.88. The average molecular weight is 533 g/mol. The number of ether oxygens (including phenoxy) is 3. The SMILES string of the molecule is CCCCSCCN(CCOc1ccc(CC(OCC)C(=O)O)cc1)C(=O)Nc1cc(C)ccc1OC. The highest BCUT2D eigenvalue weighted by Gasteiger charge is 2.18. The maximum atomic E-state index is 13.1. The van der Waals surface area contributed by atoms with Gasteiger partial charge in [-0.25, -0.2) is 9.59 Å². The molecule has 1 unspecified atom stereocenters. The number of carboxylic acids is 1. The first kappa shape index (κ1) is 30.3. The Morgan fingerprint density at radius 1 is 1.08 bits per heavy atom. The number of aryl methyl sites for hydroxylation is 1. The first-order valence-electron chi connectivity index (χ1n) is 12.7. The second-order valence-corrected chi connectivity index (χ2v) is 9.79. The minimum absolute atomic E-state index is 0.199. The monoisotopic (exact) mass is 532 g/mol. The van der Waals surface area contributed by atoms with Crippen LogP contribution in [0.25, 0.3) is 0 Å². The second-order valence-electron chi connectivity index (χ2n) is 8.57. The van der Waals surface area contributed by atoms with Gasteiger partial charge in [0.05, 0.1) is 19.3 Å². The number of hydrogen-bond donors (Lipinski definition) is 2. The van der Waals surface area contributed by atoms with Gasteiger partial charge >= 0.3 is 12.0 Å². The molecule has 0 aromatic heterocycles. The lowest BCUT2D eigenvalue weighted by molar-refractivity contribution is -0.149. The fraction of sp³-hybridized carbons (Fsp3) is 0.500. The molecule has 9 heteroatoms. The third-order valence-corrected chi connectivity index (χ3v) is 6.70. The Balaban J connectivity index is 1.96. The van der Waals surface area contributed by atoms with Gasteiger partial charge in [0.15, 0.2) is 6.10 Å². The van der Waals surface area contributed by atoms with Gasteiger partial charge in [0.2, 0.25) is 0 Å². The molecule has 2 rings (SSSR count). The number of unbranched alkanes of at least 4 members (excludes halogenated alkanes) is 1. The number of thioether (sulfide) groups is 1. The van der Waals surface area contributed by atoms with E-state index in [9.17, 15) is 14.7 Å². The number of urea groups is 1. The van der Waals surface area contributed by atoms with Crippen molar-refractivity contribution in [2.45, 2.75) is 46.1 Å². The number of nitrogens with zero attached hydrogens (tertiary/aromatic N) is 1. The molecular weight excluding hydrogens is 492 g/mol. The van der Waals surface area contributed by atoms with Crippen molar-refractivity contribution in [1.29, 1.82) is 0 Å². The highest BCUT2D eigenvalue weighted by Crippen LogP contribution is 2.25. The molecule has 0 saturated carbocycles. The Morgan fingerprint density at radius 2 is 1.84 bits per heavy atom. The predicted octanol–water partition coefficient (Wildman–Crippen LogP) is 5.48. The first-order valence-corrected chi connectivity index (χ1v) is 13.9. The standard InChI is InChI=1S/C28H40N2O6S/c1-5-7-17-37-18-15-30(28(33)29-24-19-21(3)8-13-25(24)34-4)14-16-36-23-11-9-22(10-12-23)20-26(27(31)32)35-6-2/h8-13,19,26H,5-7,14-18,20H2,1-4H3,(H,29,33)(H,31,32). The molecule has 37 heavy (non-hydrogen) atoms. The lowest BCUT2D eigenvalue weighted by Gasteiger charge is -2.24. The number of carboxylic acid groups (broad SMARTS) is 1. The largest absolute Gasteiger partial charge is 0.495 e. The Hall–Kier alpha value is -2.91. The summed E-state index contributed by atoms with van der Waals surface area (Å²) in [6.45, 7) is 7.60. The van der Waals surface area contributed by atoms with Gasteiger partial charge < -0.3 is 29.5 Å². The van der Waals surface area contributed by atoms with E-state index in [4.69, 9.17) is 14.2 Å². The zero-order valence-electron chi connectivity index (χ0n) is 22.3. The van der Waals surface area contributed by atoms with Crippen LogP contribution in [0.15, 0.2) is 42.5 Å². The Morgan fingerprint density at radius 3 is 2.49 bits per heavy atom. The summed E-state index contributed by atoms with van der Waals surface area (Å²) in [5.74, 6) is 2.22. The molecule has 0 fully saturated rings. The van der Waals surface area contributed by atoms with Crippen molar-refractivity contribution in [3.05, 3.63) is 53.6 Å². The number of benzene rings is 2. The molecule has 2 amide bonds. The van der Waals surface area contributed by atoms with Crippen LogP contribution in [-0.4, -0.2) is 73.0 Å². The molecular formula is C28H40N2O6S. The van der Waals surface area contributed by atoms with Crippen molar-refractivity contribution in [3.8, 4) is 11.5 Å². The topological polar surface area (TPSA) is 97.3 Å². The molecule has 0 spiro atoms. The molecule has 2 aromatic carbocycles. The third-order valence-electron chi connectivity index (χ3n) is 5.65. The lowest BCUT2D eigenvalue weighted by Crippen LogP contribution is -2.39. The minimum atomic E-state index is -0.975. The normalized spacial score (nSPS) is 11.6. The van der Waals surface area contributed by atoms with Crippen molar-refractivity contribution < 1.29 is 28.9 Å². The minimum Gasteiger partial charge on any atom is -0.495 e. The first-order chi connectivity index (χ1) is 17.9. The quantitative estimate of drug-likeness (QED) is 0.260. The number of methoxy groups -OCH3 is 1. The third kappa shape index (κ3) is 10.9. The fourth-order valence-electron chi connectivity index (χ4n) is 3.58. The smallest absolute Gasteiger partial charge is 0.333 e. The summed E-state index contributed by atoms with van der Waals surface area (Å²) in [6.07, 6.45) is 1.73. The lowest BCUT2D eigenvalue weighted by atomic mass is 10.1. The van der Waals surface area contributed by atoms with Crippen LogP contribution in [0.1, 0.15) is 37.8 Å². The van der Waals surface area contributed by atoms with E-state index in [1.165, 1.54) is 0 Å². The summed E-state index contributed by atoms with van der Waals surface area (Å²) in [4.78, 5) is 26.2. The highest BCUT2D eigenvalue weighted by atomic mass is 32.2. The van der Waals surface area contributed by atoms with Gasteiger partial charge in [0.1, 0.15) is 18.1 Å². The van der Waals surface area contributed by atoms with Crippen LogP contribution in [0.4, 0.5) is 10.5 Å². The Bertz CT molecular complexity index is 970. The van der Waals surface area contributed by atoms with E-state index in [2.05, 4.69) is 12.2 Å². The van der Waals surface area contributed by atoms with Crippen LogP contribution in [0, 0.1) is 6.92 Å². The van der Waals surface area contributed by atoms with Gasteiger partial charge in [-0.2, -0.15) is 11.8 Å². The van der Waals surface area contributed by atoms with Crippen molar-refractivity contribution in [3.63, 3.8) is 0 Å². The van der Waals surface area contributed by atoms with E-state index < -0.39 is 12.1 Å². The highest BCUT2D eigenvalue weighted by molar-refractivity contribution is 7.99. The Kier molecular flexibility index (Phi) is 13.7. The van der Waals surface area contributed by atoms with Crippen molar-refractivity contribution in [1.82, 2.24) is 4.90 Å². The molecule has 0 aliphatic rings. The van der Waals surface area contributed by atoms with E-state index in [1.807, 2.05) is 61.2 Å². The molecule has 204 valence electrons. The van der Waals surface area contributed by atoms with Crippen LogP contribution < -0.4 is 14.8 Å². The summed E-state index contributed by atoms with van der Waals surface area (Å²) in [5, 5.41) is 12.3. The van der Waals surface area contributed by atoms with Crippen LogP contribution in [0.2, 0.25) is 0 Å². The van der Waals surface area contributed by atoms with Crippen LogP contribution >= 0.6 is 11.8 Å². The van der Waals surface area contributed by atoms with Gasteiger partial charge in [-0.1, -0.05) is 31.5 Å². The van der Waals surface area contributed by atoms with Gasteiger partial charge in [0, 0.05) is 25.3 Å². The molecule has 8 nitrogen and oxygen atoms in total. The second kappa shape index (κ2) is 16.8. The summed E-state index contributed by atoms with van der Waals surface area (Å²) in [7, 11) is 1.58. The van der Waals surface area contributed by atoms with E-state index >= 15 is 0 Å². The molecule has 0 aliphatic carbocycles. The Labute approximate surface area is 224 Å². The molecule has 0 saturated heterocycles. The molecule has 0 heterocycles. The van der Waals surface area contributed by atoms with Gasteiger partial charge in [-0.15, -0.1) is 0 Å². The maximum absolute atomic E-state index is 13.1. The zero-order chi connectivity index (χ0) is 27.0. The number of hydrogen-bond acceptors (Lipinski definition) is 6. The van der Waals surface area contributed by atoms with E-state index in [1.54, 1.807) is 18.9 Å². The predicted molar refractivity (Wildman–Crippen MR) is 149 cm³/mol. The van der Waals surface area contributed by atoms with Crippen molar-refractivity contribution >= 4 is 29.4 Å². The molecule has 0 bridgehead atoms. The summed E-state index contributed by atoms with van der Waals surface area (Å²) in [5.41, 5.74) is 2.52. The summed E-state index contributed by atoms with van der Waals surface area (Å²) in [6, 6.07) is 12.8. The van der Waals surface area contributed by atoms with E-state index in [-0.39, 0.29) is 12.5 Å². The summed E-state index contributed by atoms with van der Waals surface area (Å²) >= 11 is 1.84. The van der Waals surface area contributed by atoms with Gasteiger partial charge in [-0.3, -0.25) is 0 Å². The fourth-order valence-corrected chi connectivity index (χ4v) is 4.63. The number of anilines is 1. The molecule has 2 N–H and O–H groups in total. The maximum Gasteiger partial charge on any atom is 0.333 e. The van der Waals surface area contributed by atoms with Gasteiger partial charge in [0.25, 0.3) is 0 Å². The van der Waals surface area contributed by atoms with E-state index in [0.717, 1.165) is 35.5 Å². The molecule has 1 atom stereocenters. The van der Waals surface area contributed by atoms with Crippen LogP contribution in [0.5, 0.6) is 11.5 Å². The van der Waals surface area contributed by atoms with E-state index in [0.29, 0.717) is 43.5 Å². The van der Waals surface area contributed by atoms with Gasteiger partial charge in [-0.05, 0) is 61.4 Å². The molecule has 0 radical (unpaired) electrons. The van der Waals surface area contributed by atoms with Crippen LogP contribution in [-0.2, 0) is 16.0 Å². The number of aliphatic carboxylic acids is 1. The van der Waals surface area contributed by atoms with Crippen molar-refractivity contribution in [2.24, 2.45) is 0 Å². The van der Waals surface area contributed by atoms with Crippen LogP contribution in [0.3, 0.4) is 0 Å². The number of amides is 2. The van der Waals surface area contributed by atoms with Crippen molar-refractivity contribution in [2.75, 3.05) is 50.2 Å². The summed E-state index contributed by atoms with van der Waals surface area (Å²) < 4.78 is 16.6. The molecule has 2 aromatic rings. The molecule has 0 aliphatic heterocycles.